The molecule has 1 unspecified atom stereocenters. The Kier molecular flexibility index (Phi) is 8.17. The normalized spacial score (nSPS) is 26.0. The number of nitrogens with two attached hydrogens (primary N) is 1. The largest absolute Gasteiger partial charge is 0.385 e. The zero-order valence-electron chi connectivity index (χ0n) is 14.6. The first kappa shape index (κ1) is 18.9. The predicted octanol–water partition coefficient (Wildman–Crippen LogP) is 2.66. The number of rotatable bonds is 9. The molecule has 0 aromatic heterocycles. The summed E-state index contributed by atoms with van der Waals surface area (Å²) in [6.45, 7) is 9.15. The van der Waals surface area contributed by atoms with Crippen molar-refractivity contribution in [3.05, 3.63) is 0 Å². The van der Waals surface area contributed by atoms with Gasteiger partial charge < -0.3 is 15.2 Å². The molecule has 4 heteroatoms. The van der Waals surface area contributed by atoms with Gasteiger partial charge in [0.25, 0.3) is 0 Å². The minimum absolute atomic E-state index is 0.153. The van der Waals surface area contributed by atoms with Crippen LogP contribution >= 0.6 is 0 Å². The van der Waals surface area contributed by atoms with Crippen LogP contribution in [0, 0.1) is 5.41 Å². The summed E-state index contributed by atoms with van der Waals surface area (Å²) in [5.41, 5.74) is 6.87. The summed E-state index contributed by atoms with van der Waals surface area (Å²) in [7, 11) is 3.55. The summed E-state index contributed by atoms with van der Waals surface area (Å²) in [4.78, 5) is 2.58. The molecule has 0 amide bonds. The maximum Gasteiger partial charge on any atom is 0.0589 e. The van der Waals surface area contributed by atoms with Gasteiger partial charge in [0.15, 0.2) is 0 Å². The van der Waals surface area contributed by atoms with Crippen LogP contribution in [0.25, 0.3) is 0 Å². The molecule has 1 aliphatic carbocycles. The molecule has 0 heterocycles. The molecule has 126 valence electrons. The molecule has 1 fully saturated rings. The van der Waals surface area contributed by atoms with Crippen molar-refractivity contribution in [2.45, 2.75) is 57.9 Å². The van der Waals surface area contributed by atoms with Gasteiger partial charge in [-0.05, 0) is 37.5 Å². The first-order valence-electron chi connectivity index (χ1n) is 8.43. The van der Waals surface area contributed by atoms with Crippen molar-refractivity contribution in [2.24, 2.45) is 11.1 Å². The van der Waals surface area contributed by atoms with Crippen LogP contribution < -0.4 is 5.73 Å². The molecule has 1 saturated carbocycles. The summed E-state index contributed by atoms with van der Waals surface area (Å²) < 4.78 is 10.5. The highest BCUT2D eigenvalue weighted by molar-refractivity contribution is 4.95. The Morgan fingerprint density at radius 2 is 1.67 bits per heavy atom. The van der Waals surface area contributed by atoms with E-state index < -0.39 is 0 Å². The lowest BCUT2D eigenvalue weighted by Crippen LogP contribution is -2.55. The second-order valence-corrected chi connectivity index (χ2v) is 7.27. The highest BCUT2D eigenvalue weighted by atomic mass is 16.5. The Hall–Kier alpha value is -0.160. The molecule has 0 aromatic carbocycles. The molecule has 4 nitrogen and oxygen atoms in total. The van der Waals surface area contributed by atoms with Gasteiger partial charge in [0.05, 0.1) is 6.61 Å². The zero-order valence-corrected chi connectivity index (χ0v) is 14.6. The van der Waals surface area contributed by atoms with Gasteiger partial charge in [0, 0.05) is 46.0 Å². The van der Waals surface area contributed by atoms with Gasteiger partial charge in [-0.3, -0.25) is 4.90 Å². The van der Waals surface area contributed by atoms with Gasteiger partial charge in [-0.25, -0.2) is 0 Å². The first-order valence-corrected chi connectivity index (χ1v) is 8.43. The van der Waals surface area contributed by atoms with Crippen LogP contribution in [0.15, 0.2) is 0 Å². The smallest absolute Gasteiger partial charge is 0.0589 e. The average Bonchev–Trinajstić information content (AvgIpc) is 2.62. The molecule has 1 rings (SSSR count). The second kappa shape index (κ2) is 9.09. The number of methoxy groups -OCH3 is 2. The van der Waals surface area contributed by atoms with Gasteiger partial charge >= 0.3 is 0 Å². The highest BCUT2D eigenvalue weighted by Crippen LogP contribution is 2.40. The minimum atomic E-state index is 0.153. The van der Waals surface area contributed by atoms with Crippen molar-refractivity contribution < 1.29 is 9.47 Å². The number of hydrogen-bond acceptors (Lipinski definition) is 4. The average molecular weight is 300 g/mol. The molecule has 21 heavy (non-hydrogen) atoms. The van der Waals surface area contributed by atoms with E-state index >= 15 is 0 Å². The molecule has 0 aliphatic heterocycles. The highest BCUT2D eigenvalue weighted by Gasteiger charge is 2.38. The summed E-state index contributed by atoms with van der Waals surface area (Å²) in [6, 6.07) is 0. The third-order valence-electron chi connectivity index (χ3n) is 5.16. The van der Waals surface area contributed by atoms with E-state index in [1.54, 1.807) is 14.2 Å². The second-order valence-electron chi connectivity index (χ2n) is 7.27. The molecule has 0 saturated heterocycles. The third kappa shape index (κ3) is 5.85. The monoisotopic (exact) mass is 300 g/mol. The molecule has 1 aliphatic rings. The fourth-order valence-electron chi connectivity index (χ4n) is 3.55. The lowest BCUT2D eigenvalue weighted by molar-refractivity contribution is 0.0393. The van der Waals surface area contributed by atoms with E-state index in [2.05, 4.69) is 18.7 Å². The Bertz CT molecular complexity index is 284. The Balaban J connectivity index is 2.76. The molecule has 0 aromatic rings. The van der Waals surface area contributed by atoms with Gasteiger partial charge in [-0.2, -0.15) is 0 Å². The summed E-state index contributed by atoms with van der Waals surface area (Å²) in [5.74, 6) is 0. The molecule has 1 atom stereocenters. The van der Waals surface area contributed by atoms with Crippen LogP contribution in [-0.2, 0) is 9.47 Å². The van der Waals surface area contributed by atoms with Crippen molar-refractivity contribution in [3.8, 4) is 0 Å². The van der Waals surface area contributed by atoms with Crippen LogP contribution in [0.3, 0.4) is 0 Å². The van der Waals surface area contributed by atoms with E-state index in [9.17, 15) is 0 Å². The predicted molar refractivity (Wildman–Crippen MR) is 88.6 cm³/mol. The van der Waals surface area contributed by atoms with Crippen molar-refractivity contribution in [1.29, 1.82) is 0 Å². The van der Waals surface area contributed by atoms with Crippen LogP contribution in [0.4, 0.5) is 0 Å². The number of hydrogen-bond donors (Lipinski definition) is 1. The van der Waals surface area contributed by atoms with Crippen LogP contribution in [0.1, 0.15) is 52.4 Å². The van der Waals surface area contributed by atoms with Crippen molar-refractivity contribution >= 4 is 0 Å². The van der Waals surface area contributed by atoms with E-state index in [0.29, 0.717) is 5.41 Å². The van der Waals surface area contributed by atoms with Crippen LogP contribution in [-0.4, -0.2) is 57.5 Å². The molecular formula is C17H36N2O2. The summed E-state index contributed by atoms with van der Waals surface area (Å²) >= 11 is 0. The first-order chi connectivity index (χ1) is 9.99. The lowest BCUT2D eigenvalue weighted by atomic mass is 9.83. The quantitative estimate of drug-likeness (QED) is 0.525. The van der Waals surface area contributed by atoms with Crippen LogP contribution in [0.5, 0.6) is 0 Å². The summed E-state index contributed by atoms with van der Waals surface area (Å²) in [6.07, 6.45) is 7.32. The van der Waals surface area contributed by atoms with Crippen molar-refractivity contribution in [1.82, 2.24) is 4.90 Å². The van der Waals surface area contributed by atoms with Crippen LogP contribution in [0.2, 0.25) is 0 Å². The number of ether oxygens (including phenoxy) is 2. The van der Waals surface area contributed by atoms with E-state index in [4.69, 9.17) is 15.2 Å². The molecule has 0 spiro atoms. The third-order valence-corrected chi connectivity index (χ3v) is 5.16. The molecule has 0 bridgehead atoms. The SMILES string of the molecule is COCCCN(CCOC)C1(CN)CCCC(C)(C)CC1. The molecular weight excluding hydrogens is 264 g/mol. The van der Waals surface area contributed by atoms with Gasteiger partial charge in [0.1, 0.15) is 0 Å². The Morgan fingerprint density at radius 1 is 0.952 bits per heavy atom. The topological polar surface area (TPSA) is 47.7 Å². The van der Waals surface area contributed by atoms with Crippen molar-refractivity contribution in [2.75, 3.05) is 47.1 Å². The molecule has 2 N–H and O–H groups in total. The fourth-order valence-corrected chi connectivity index (χ4v) is 3.55. The minimum Gasteiger partial charge on any atom is -0.385 e. The molecule has 0 radical (unpaired) electrons. The lowest BCUT2D eigenvalue weighted by Gasteiger charge is -2.43. The standard InChI is InChI=1S/C17H36N2O2/c1-16(2)7-5-8-17(15-18,10-9-16)19(12-14-21-4)11-6-13-20-3/h5-15,18H2,1-4H3. The Labute approximate surface area is 131 Å². The maximum absolute atomic E-state index is 6.26. The van der Waals surface area contributed by atoms with E-state index in [-0.39, 0.29) is 5.54 Å². The zero-order chi connectivity index (χ0) is 15.8. The van der Waals surface area contributed by atoms with Gasteiger partial charge in [-0.15, -0.1) is 0 Å². The van der Waals surface area contributed by atoms with Gasteiger partial charge in [0.2, 0.25) is 0 Å². The van der Waals surface area contributed by atoms with E-state index in [1.807, 2.05) is 0 Å². The van der Waals surface area contributed by atoms with Gasteiger partial charge in [-0.1, -0.05) is 20.3 Å². The van der Waals surface area contributed by atoms with E-state index in [1.165, 1.54) is 32.1 Å². The van der Waals surface area contributed by atoms with E-state index in [0.717, 1.165) is 39.3 Å². The van der Waals surface area contributed by atoms with Crippen molar-refractivity contribution in [3.63, 3.8) is 0 Å². The maximum atomic E-state index is 6.26. The summed E-state index contributed by atoms with van der Waals surface area (Å²) in [5, 5.41) is 0. The Morgan fingerprint density at radius 3 is 2.29 bits per heavy atom. The fraction of sp³-hybridized carbons (Fsp3) is 1.00. The number of nitrogens with zero attached hydrogens (tertiary/aromatic N) is 1.